The normalized spacial score (nSPS) is 18.2. The van der Waals surface area contributed by atoms with Gasteiger partial charge in [-0.05, 0) is 34.0 Å². The van der Waals surface area contributed by atoms with E-state index < -0.39 is 0 Å². The van der Waals surface area contributed by atoms with E-state index in [1.54, 1.807) is 0 Å². The van der Waals surface area contributed by atoms with Crippen LogP contribution in [0.15, 0.2) is 66.7 Å². The number of nitrogens with zero attached hydrogens (tertiary/aromatic N) is 3. The summed E-state index contributed by atoms with van der Waals surface area (Å²) < 4.78 is 5.44. The van der Waals surface area contributed by atoms with Gasteiger partial charge < -0.3 is 9.64 Å². The van der Waals surface area contributed by atoms with Crippen LogP contribution in [0.4, 0.5) is 0 Å². The first-order valence-corrected chi connectivity index (χ1v) is 11.6. The molecule has 2 fully saturated rings. The Morgan fingerprint density at radius 2 is 1.47 bits per heavy atom. The Bertz CT molecular complexity index is 1060. The van der Waals surface area contributed by atoms with Crippen molar-refractivity contribution in [3.63, 3.8) is 0 Å². The summed E-state index contributed by atoms with van der Waals surface area (Å²) in [5.74, 6) is 0.152. The van der Waals surface area contributed by atoms with Gasteiger partial charge >= 0.3 is 0 Å². The van der Waals surface area contributed by atoms with Crippen LogP contribution in [0.1, 0.15) is 21.5 Å². The minimum Gasteiger partial charge on any atom is -0.379 e. The summed E-state index contributed by atoms with van der Waals surface area (Å²) in [7, 11) is 0. The summed E-state index contributed by atoms with van der Waals surface area (Å²) in [5, 5.41) is 2.61. The highest BCUT2D eigenvalue weighted by molar-refractivity contribution is 5.94. The molecule has 2 heterocycles. The molecule has 0 saturated carbocycles. The van der Waals surface area contributed by atoms with Crippen LogP contribution in [-0.4, -0.2) is 73.1 Å². The molecule has 32 heavy (non-hydrogen) atoms. The predicted molar refractivity (Wildman–Crippen MR) is 128 cm³/mol. The highest BCUT2D eigenvalue weighted by Crippen LogP contribution is 2.21. The zero-order valence-corrected chi connectivity index (χ0v) is 18.6. The first-order valence-electron chi connectivity index (χ1n) is 11.6. The van der Waals surface area contributed by atoms with E-state index >= 15 is 0 Å². The van der Waals surface area contributed by atoms with Crippen molar-refractivity contribution in [2.24, 2.45) is 0 Å². The summed E-state index contributed by atoms with van der Waals surface area (Å²) in [4.78, 5) is 20.0. The molecule has 0 spiro atoms. The van der Waals surface area contributed by atoms with E-state index in [0.717, 1.165) is 71.1 Å². The number of carbonyl (C=O) groups is 1. The number of ether oxygens (including phenoxy) is 1. The van der Waals surface area contributed by atoms with Crippen LogP contribution in [0.5, 0.6) is 0 Å². The Kier molecular flexibility index (Phi) is 6.49. The second-order valence-corrected chi connectivity index (χ2v) is 8.80. The molecule has 0 aromatic heterocycles. The number of morpholine rings is 1. The monoisotopic (exact) mass is 429 g/mol. The van der Waals surface area contributed by atoms with Gasteiger partial charge in [0.15, 0.2) is 0 Å². The van der Waals surface area contributed by atoms with E-state index in [4.69, 9.17) is 4.74 Å². The standard InChI is InChI=1S/C27H31N3O2/c31-27(24-8-3-5-22(19-24)20-29-15-17-32-18-16-29)30-13-11-28(12-14-30)21-25-9-4-7-23-6-1-2-10-26(23)25/h1-10,19H,11-18,20-21H2. The second-order valence-electron chi connectivity index (χ2n) is 8.80. The van der Waals surface area contributed by atoms with Crippen molar-refractivity contribution in [2.75, 3.05) is 52.5 Å². The lowest BCUT2D eigenvalue weighted by Gasteiger charge is -2.35. The fourth-order valence-electron chi connectivity index (χ4n) is 4.78. The average molecular weight is 430 g/mol. The number of carbonyl (C=O) groups excluding carboxylic acids is 1. The lowest BCUT2D eigenvalue weighted by atomic mass is 10.0. The van der Waals surface area contributed by atoms with Gasteiger partial charge in [-0.25, -0.2) is 0 Å². The van der Waals surface area contributed by atoms with E-state index in [1.807, 2.05) is 17.0 Å². The molecule has 2 aliphatic rings. The Morgan fingerprint density at radius 3 is 2.31 bits per heavy atom. The van der Waals surface area contributed by atoms with Gasteiger partial charge in [0.25, 0.3) is 5.91 Å². The zero-order chi connectivity index (χ0) is 21.8. The molecule has 3 aromatic carbocycles. The van der Waals surface area contributed by atoms with Gasteiger partial charge in [-0.1, -0.05) is 54.6 Å². The Labute approximate surface area is 190 Å². The van der Waals surface area contributed by atoms with Crippen molar-refractivity contribution in [1.29, 1.82) is 0 Å². The van der Waals surface area contributed by atoms with Crippen LogP contribution in [0, 0.1) is 0 Å². The summed E-state index contributed by atoms with van der Waals surface area (Å²) in [6.07, 6.45) is 0. The molecule has 5 nitrogen and oxygen atoms in total. The first-order chi connectivity index (χ1) is 15.8. The molecule has 2 aliphatic heterocycles. The van der Waals surface area contributed by atoms with Crippen molar-refractivity contribution in [3.05, 3.63) is 83.4 Å². The van der Waals surface area contributed by atoms with Crippen molar-refractivity contribution < 1.29 is 9.53 Å². The van der Waals surface area contributed by atoms with Crippen LogP contribution in [0.3, 0.4) is 0 Å². The van der Waals surface area contributed by atoms with Gasteiger partial charge in [-0.2, -0.15) is 0 Å². The fraction of sp³-hybridized carbons (Fsp3) is 0.370. The van der Waals surface area contributed by atoms with Gasteiger partial charge in [0.2, 0.25) is 0 Å². The van der Waals surface area contributed by atoms with Crippen molar-refractivity contribution in [2.45, 2.75) is 13.1 Å². The van der Waals surface area contributed by atoms with Gasteiger partial charge in [0, 0.05) is 57.9 Å². The third kappa shape index (κ3) is 4.85. The Hall–Kier alpha value is -2.73. The number of hydrogen-bond donors (Lipinski definition) is 0. The van der Waals surface area contributed by atoms with Gasteiger partial charge in [0.1, 0.15) is 0 Å². The highest BCUT2D eigenvalue weighted by atomic mass is 16.5. The zero-order valence-electron chi connectivity index (χ0n) is 18.6. The molecule has 0 N–H and O–H groups in total. The number of hydrogen-bond acceptors (Lipinski definition) is 4. The van der Waals surface area contributed by atoms with E-state index in [2.05, 4.69) is 64.4 Å². The first kappa shape index (κ1) is 21.1. The third-order valence-electron chi connectivity index (χ3n) is 6.62. The number of benzene rings is 3. The van der Waals surface area contributed by atoms with E-state index in [0.29, 0.717) is 0 Å². The molecule has 5 heteroatoms. The van der Waals surface area contributed by atoms with Gasteiger partial charge in [-0.3, -0.25) is 14.6 Å². The molecule has 1 amide bonds. The maximum absolute atomic E-state index is 13.2. The predicted octanol–water partition coefficient (Wildman–Crippen LogP) is 3.63. The lowest BCUT2D eigenvalue weighted by Crippen LogP contribution is -2.48. The van der Waals surface area contributed by atoms with E-state index in [9.17, 15) is 4.79 Å². The van der Waals surface area contributed by atoms with Gasteiger partial charge in [0.05, 0.1) is 13.2 Å². The minimum absolute atomic E-state index is 0.152. The molecule has 0 radical (unpaired) electrons. The quantitative estimate of drug-likeness (QED) is 0.621. The van der Waals surface area contributed by atoms with E-state index in [-0.39, 0.29) is 5.91 Å². The lowest BCUT2D eigenvalue weighted by molar-refractivity contribution is 0.0341. The summed E-state index contributed by atoms with van der Waals surface area (Å²) in [6, 6.07) is 23.3. The molecular formula is C27H31N3O2. The van der Waals surface area contributed by atoms with Crippen molar-refractivity contribution in [1.82, 2.24) is 14.7 Å². The third-order valence-corrected chi connectivity index (χ3v) is 6.62. The maximum Gasteiger partial charge on any atom is 0.253 e. The van der Waals surface area contributed by atoms with Crippen LogP contribution >= 0.6 is 0 Å². The average Bonchev–Trinajstić information content (AvgIpc) is 2.85. The molecule has 0 atom stereocenters. The number of rotatable bonds is 5. The molecule has 0 bridgehead atoms. The fourth-order valence-corrected chi connectivity index (χ4v) is 4.78. The largest absolute Gasteiger partial charge is 0.379 e. The van der Waals surface area contributed by atoms with Crippen molar-refractivity contribution in [3.8, 4) is 0 Å². The topological polar surface area (TPSA) is 36.0 Å². The maximum atomic E-state index is 13.2. The molecule has 0 unspecified atom stereocenters. The molecule has 5 rings (SSSR count). The van der Waals surface area contributed by atoms with Crippen LogP contribution in [0.25, 0.3) is 10.8 Å². The molecule has 2 saturated heterocycles. The molecule has 166 valence electrons. The Morgan fingerprint density at radius 1 is 0.750 bits per heavy atom. The Balaban J connectivity index is 1.19. The van der Waals surface area contributed by atoms with Crippen LogP contribution < -0.4 is 0 Å². The molecule has 0 aliphatic carbocycles. The summed E-state index contributed by atoms with van der Waals surface area (Å²) in [5.41, 5.74) is 3.37. The van der Waals surface area contributed by atoms with Crippen LogP contribution in [0.2, 0.25) is 0 Å². The summed E-state index contributed by atoms with van der Waals surface area (Å²) in [6.45, 7) is 8.66. The number of amides is 1. The smallest absolute Gasteiger partial charge is 0.253 e. The second kappa shape index (κ2) is 9.82. The molecule has 3 aromatic rings. The number of fused-ring (bicyclic) bond motifs is 1. The SMILES string of the molecule is O=C(c1cccc(CN2CCOCC2)c1)N1CCN(Cc2cccc3ccccc23)CC1. The van der Waals surface area contributed by atoms with Gasteiger partial charge in [-0.15, -0.1) is 0 Å². The minimum atomic E-state index is 0.152. The van der Waals surface area contributed by atoms with E-state index in [1.165, 1.54) is 21.9 Å². The summed E-state index contributed by atoms with van der Waals surface area (Å²) >= 11 is 0. The molecular weight excluding hydrogens is 398 g/mol. The van der Waals surface area contributed by atoms with Crippen molar-refractivity contribution >= 4 is 16.7 Å². The number of piperazine rings is 1. The highest BCUT2D eigenvalue weighted by Gasteiger charge is 2.23. The van der Waals surface area contributed by atoms with Crippen LogP contribution in [-0.2, 0) is 17.8 Å².